The Balaban J connectivity index is 1.46. The summed E-state index contributed by atoms with van der Waals surface area (Å²) in [5.41, 5.74) is 4.52. The molecule has 1 aromatic heterocycles. The average Bonchev–Trinajstić information content (AvgIpc) is 3.37. The lowest BCUT2D eigenvalue weighted by Gasteiger charge is -2.28. The number of sulfone groups is 1. The Morgan fingerprint density at radius 1 is 1.06 bits per heavy atom. The highest BCUT2D eigenvalue weighted by Gasteiger charge is 2.36. The van der Waals surface area contributed by atoms with Crippen LogP contribution < -0.4 is 4.90 Å². The van der Waals surface area contributed by atoms with Crippen LogP contribution in [0, 0.1) is 0 Å². The smallest absolute Gasteiger partial charge is 0.255 e. The van der Waals surface area contributed by atoms with Crippen molar-refractivity contribution in [1.82, 2.24) is 9.97 Å². The van der Waals surface area contributed by atoms with Gasteiger partial charge in [-0.25, -0.2) is 13.4 Å². The molecule has 0 spiro atoms. The Bertz CT molecular complexity index is 1260. The molecule has 1 N–H and O–H groups in total. The third kappa shape index (κ3) is 3.61. The topological polar surface area (TPSA) is 92.4 Å². The van der Waals surface area contributed by atoms with E-state index in [1.54, 1.807) is 18.3 Å². The molecule has 2 aliphatic rings. The maximum atomic E-state index is 12.9. The van der Waals surface area contributed by atoms with Gasteiger partial charge >= 0.3 is 0 Å². The fourth-order valence-electron chi connectivity index (χ4n) is 4.53. The van der Waals surface area contributed by atoms with Crippen LogP contribution in [0.4, 0.5) is 5.69 Å². The van der Waals surface area contributed by atoms with Gasteiger partial charge in [0.1, 0.15) is 21.6 Å². The number of hydrogen-bond acceptors (Lipinski definition) is 5. The van der Waals surface area contributed by atoms with Crippen molar-refractivity contribution in [3.05, 3.63) is 71.8 Å². The number of methoxy groups -OCH3 is 1. The molecule has 0 saturated carbocycles. The maximum absolute atomic E-state index is 12.9. The molecule has 2 aromatic carbocycles. The molecule has 0 radical (unpaired) electrons. The van der Waals surface area contributed by atoms with E-state index in [2.05, 4.69) is 9.97 Å². The molecule has 5 rings (SSSR count). The van der Waals surface area contributed by atoms with E-state index in [4.69, 9.17) is 4.74 Å². The lowest BCUT2D eigenvalue weighted by Crippen LogP contribution is -2.29. The van der Waals surface area contributed by atoms with Crippen molar-refractivity contribution in [2.24, 2.45) is 0 Å². The first-order valence-electron chi connectivity index (χ1n) is 10.3. The summed E-state index contributed by atoms with van der Waals surface area (Å²) in [7, 11) is -1.31. The molecule has 31 heavy (non-hydrogen) atoms. The number of aromatic amines is 1. The molecule has 0 aliphatic carbocycles. The number of nitrogens with zero attached hydrogens (tertiary/aromatic N) is 2. The van der Waals surface area contributed by atoms with Crippen molar-refractivity contribution in [1.29, 1.82) is 0 Å². The van der Waals surface area contributed by atoms with E-state index in [0.29, 0.717) is 18.6 Å². The molecule has 3 aromatic rings. The number of anilines is 1. The van der Waals surface area contributed by atoms with E-state index >= 15 is 0 Å². The molecule has 2 aliphatic heterocycles. The fourth-order valence-corrected chi connectivity index (χ4v) is 6.02. The highest BCUT2D eigenvalue weighted by molar-refractivity contribution is 7.91. The largest absolute Gasteiger partial charge is 0.498 e. The summed E-state index contributed by atoms with van der Waals surface area (Å²) in [6.45, 7) is 0. The zero-order valence-electron chi connectivity index (χ0n) is 17.1. The highest BCUT2D eigenvalue weighted by atomic mass is 32.2. The molecule has 8 heteroatoms. The van der Waals surface area contributed by atoms with Gasteiger partial charge in [-0.05, 0) is 48.1 Å². The Labute approximate surface area is 180 Å². The quantitative estimate of drug-likeness (QED) is 0.675. The van der Waals surface area contributed by atoms with Crippen LogP contribution in [0.1, 0.15) is 35.9 Å². The minimum absolute atomic E-state index is 0.140. The van der Waals surface area contributed by atoms with Crippen molar-refractivity contribution in [3.8, 4) is 0 Å². The average molecular weight is 438 g/mol. The van der Waals surface area contributed by atoms with Gasteiger partial charge in [-0.15, -0.1) is 0 Å². The Morgan fingerprint density at radius 3 is 2.48 bits per heavy atom. The second kappa shape index (κ2) is 7.53. The molecule has 1 unspecified atom stereocenters. The van der Waals surface area contributed by atoms with Crippen LogP contribution in [0.15, 0.2) is 60.6 Å². The van der Waals surface area contributed by atoms with Gasteiger partial charge < -0.3 is 9.72 Å². The first kappa shape index (κ1) is 19.8. The fraction of sp³-hybridized carbons (Fsp3) is 0.304. The number of amides is 1. The van der Waals surface area contributed by atoms with E-state index in [0.717, 1.165) is 27.8 Å². The molecule has 7 nitrogen and oxygen atoms in total. The van der Waals surface area contributed by atoms with Gasteiger partial charge in [0.15, 0.2) is 0 Å². The standard InChI is InChI=1S/C23H23N3O4S/c1-30-21-13-22(27)26(18-6-7-19-20(12-18)25-14-24-19)23(21)17-4-2-15(3-5-17)16-8-10-31(28,29)11-9-16/h2-7,12-14,16,23H,8-11H2,1H3,(H,24,25). The molecule has 0 bridgehead atoms. The van der Waals surface area contributed by atoms with Gasteiger partial charge in [0, 0.05) is 11.8 Å². The third-order valence-corrected chi connectivity index (χ3v) is 7.94. The Kier molecular flexibility index (Phi) is 4.81. The molecule has 1 fully saturated rings. The molecule has 1 saturated heterocycles. The van der Waals surface area contributed by atoms with E-state index < -0.39 is 9.84 Å². The van der Waals surface area contributed by atoms with Gasteiger partial charge in [0.2, 0.25) is 0 Å². The molecular formula is C23H23N3O4S. The zero-order valence-corrected chi connectivity index (χ0v) is 17.9. The van der Waals surface area contributed by atoms with Crippen LogP contribution in [-0.4, -0.2) is 42.9 Å². The molecule has 160 valence electrons. The van der Waals surface area contributed by atoms with Crippen LogP contribution in [0.2, 0.25) is 0 Å². The molecule has 1 amide bonds. The van der Waals surface area contributed by atoms with Crippen molar-refractivity contribution in [3.63, 3.8) is 0 Å². The summed E-state index contributed by atoms with van der Waals surface area (Å²) in [5.74, 6) is 1.19. The number of nitrogens with one attached hydrogen (secondary N) is 1. The van der Waals surface area contributed by atoms with Crippen molar-refractivity contribution in [2.45, 2.75) is 24.8 Å². The minimum atomic E-state index is -2.89. The first-order valence-corrected chi connectivity index (χ1v) is 12.1. The molecule has 3 heterocycles. The zero-order chi connectivity index (χ0) is 21.6. The van der Waals surface area contributed by atoms with Gasteiger partial charge in [0.25, 0.3) is 5.91 Å². The summed E-state index contributed by atoms with van der Waals surface area (Å²) in [6.07, 6.45) is 4.47. The van der Waals surface area contributed by atoms with Crippen LogP contribution in [0.5, 0.6) is 0 Å². The van der Waals surface area contributed by atoms with Gasteiger partial charge in [0.05, 0.1) is 36.0 Å². The van der Waals surface area contributed by atoms with E-state index in [1.165, 1.54) is 6.08 Å². The number of aromatic nitrogens is 2. The van der Waals surface area contributed by atoms with Crippen molar-refractivity contribution < 1.29 is 17.9 Å². The molecule has 1 atom stereocenters. The first-order chi connectivity index (χ1) is 14.9. The molecular weight excluding hydrogens is 414 g/mol. The lowest BCUT2D eigenvalue weighted by atomic mass is 9.91. The summed E-state index contributed by atoms with van der Waals surface area (Å²) < 4.78 is 29.0. The minimum Gasteiger partial charge on any atom is -0.498 e. The predicted octanol–water partition coefficient (Wildman–Crippen LogP) is 3.47. The SMILES string of the molecule is COC1=CC(=O)N(c2ccc3[nH]cnc3c2)C1c1ccc(C2CCS(=O)(=O)CC2)cc1. The summed E-state index contributed by atoms with van der Waals surface area (Å²) in [4.78, 5) is 21.9. The third-order valence-electron chi connectivity index (χ3n) is 6.23. The number of carbonyl (C=O) groups excluding carboxylic acids is 1. The predicted molar refractivity (Wildman–Crippen MR) is 118 cm³/mol. The number of H-pyrrole nitrogens is 1. The van der Waals surface area contributed by atoms with Crippen molar-refractivity contribution >= 4 is 32.5 Å². The van der Waals surface area contributed by atoms with Gasteiger partial charge in [-0.1, -0.05) is 24.3 Å². The normalized spacial score (nSPS) is 21.5. The van der Waals surface area contributed by atoms with Gasteiger partial charge in [-0.3, -0.25) is 9.69 Å². The van der Waals surface area contributed by atoms with Crippen LogP contribution >= 0.6 is 0 Å². The monoisotopic (exact) mass is 437 g/mol. The maximum Gasteiger partial charge on any atom is 0.255 e. The Hall–Kier alpha value is -3.13. The summed E-state index contributed by atoms with van der Waals surface area (Å²) in [5, 5.41) is 0. The van der Waals surface area contributed by atoms with Crippen LogP contribution in [0.3, 0.4) is 0 Å². The van der Waals surface area contributed by atoms with Gasteiger partial charge in [-0.2, -0.15) is 0 Å². The number of rotatable bonds is 4. The van der Waals surface area contributed by atoms with Crippen LogP contribution in [0.25, 0.3) is 11.0 Å². The number of carbonyl (C=O) groups is 1. The lowest BCUT2D eigenvalue weighted by molar-refractivity contribution is -0.113. The Morgan fingerprint density at radius 2 is 1.77 bits per heavy atom. The number of benzene rings is 2. The summed E-state index contributed by atoms with van der Waals surface area (Å²) >= 11 is 0. The number of fused-ring (bicyclic) bond motifs is 1. The van der Waals surface area contributed by atoms with Crippen molar-refractivity contribution in [2.75, 3.05) is 23.5 Å². The number of ether oxygens (including phenoxy) is 1. The van der Waals surface area contributed by atoms with E-state index in [-0.39, 0.29) is 29.4 Å². The van der Waals surface area contributed by atoms with E-state index in [9.17, 15) is 13.2 Å². The number of hydrogen-bond donors (Lipinski definition) is 1. The van der Waals surface area contributed by atoms with E-state index in [1.807, 2.05) is 42.5 Å². The second-order valence-electron chi connectivity index (χ2n) is 8.06. The summed E-state index contributed by atoms with van der Waals surface area (Å²) in [6, 6.07) is 13.4. The number of imidazole rings is 1. The second-order valence-corrected chi connectivity index (χ2v) is 10.4. The highest BCUT2D eigenvalue weighted by Crippen LogP contribution is 2.39. The van der Waals surface area contributed by atoms with Crippen LogP contribution in [-0.2, 0) is 19.4 Å².